The fourth-order valence-corrected chi connectivity index (χ4v) is 2.80. The van der Waals surface area contributed by atoms with E-state index in [0.29, 0.717) is 24.5 Å². The molecular formula is C20H22N4O3. The molecule has 1 heterocycles. The minimum absolute atomic E-state index is 0.166. The van der Waals surface area contributed by atoms with Crippen LogP contribution in [0.5, 0.6) is 11.5 Å². The fraction of sp³-hybridized carbons (Fsp3) is 0.250. The van der Waals surface area contributed by atoms with Crippen molar-refractivity contribution in [2.75, 3.05) is 14.2 Å². The summed E-state index contributed by atoms with van der Waals surface area (Å²) in [5.41, 5.74) is 6.45. The number of benzene rings is 2. The van der Waals surface area contributed by atoms with Crippen molar-refractivity contribution in [1.29, 1.82) is 0 Å². The quantitative estimate of drug-likeness (QED) is 0.515. The smallest absolute Gasteiger partial charge is 0.241 e. The summed E-state index contributed by atoms with van der Waals surface area (Å²) in [6.45, 7) is 2.56. The first-order chi connectivity index (χ1) is 13.1. The van der Waals surface area contributed by atoms with Gasteiger partial charge in [0.15, 0.2) is 11.5 Å². The maximum Gasteiger partial charge on any atom is 0.241 e. The molecule has 0 spiro atoms. The highest BCUT2D eigenvalue weighted by molar-refractivity contribution is 5.83. The molecule has 1 N–H and O–H groups in total. The molecule has 7 nitrogen and oxygen atoms in total. The second-order valence-corrected chi connectivity index (χ2v) is 6.04. The van der Waals surface area contributed by atoms with E-state index in [1.165, 1.54) is 0 Å². The standard InChI is InChI=1S/C20H22N4O3/c1-14-5-4-6-16-20(14)21-13-24(16)10-9-19(25)23-22-12-15-7-8-17(26-2)18(11-15)27-3/h4-8,11-13H,9-10H2,1-3H3,(H,23,25). The van der Waals surface area contributed by atoms with Crippen LogP contribution >= 0.6 is 0 Å². The van der Waals surface area contributed by atoms with Crippen LogP contribution in [-0.2, 0) is 11.3 Å². The monoisotopic (exact) mass is 366 g/mol. The van der Waals surface area contributed by atoms with E-state index in [-0.39, 0.29) is 5.91 Å². The molecule has 27 heavy (non-hydrogen) atoms. The Morgan fingerprint density at radius 1 is 1.22 bits per heavy atom. The van der Waals surface area contributed by atoms with Crippen LogP contribution in [0, 0.1) is 6.92 Å². The number of nitrogens with one attached hydrogen (secondary N) is 1. The number of aryl methyl sites for hydroxylation is 2. The van der Waals surface area contributed by atoms with Crippen LogP contribution in [0.25, 0.3) is 11.0 Å². The number of fused-ring (bicyclic) bond motifs is 1. The molecule has 3 rings (SSSR count). The summed E-state index contributed by atoms with van der Waals surface area (Å²) in [7, 11) is 3.15. The van der Waals surface area contributed by atoms with Gasteiger partial charge in [-0.25, -0.2) is 10.4 Å². The molecule has 0 aliphatic heterocycles. The third kappa shape index (κ3) is 4.25. The van der Waals surface area contributed by atoms with Crippen LogP contribution in [0.2, 0.25) is 0 Å². The number of carbonyl (C=O) groups is 1. The van der Waals surface area contributed by atoms with Crippen LogP contribution in [0.4, 0.5) is 0 Å². The van der Waals surface area contributed by atoms with E-state index in [4.69, 9.17) is 9.47 Å². The minimum Gasteiger partial charge on any atom is -0.493 e. The van der Waals surface area contributed by atoms with Crippen LogP contribution in [0.15, 0.2) is 47.8 Å². The van der Waals surface area contributed by atoms with Gasteiger partial charge in [-0.05, 0) is 42.3 Å². The molecule has 0 saturated heterocycles. The molecule has 0 unspecified atom stereocenters. The summed E-state index contributed by atoms with van der Waals surface area (Å²) in [6, 6.07) is 11.4. The Hall–Kier alpha value is -3.35. The number of aromatic nitrogens is 2. The van der Waals surface area contributed by atoms with E-state index < -0.39 is 0 Å². The van der Waals surface area contributed by atoms with Gasteiger partial charge < -0.3 is 14.0 Å². The van der Waals surface area contributed by atoms with Crippen LogP contribution in [0.3, 0.4) is 0 Å². The molecule has 0 saturated carbocycles. The summed E-state index contributed by atoms with van der Waals surface area (Å²) in [6.07, 6.45) is 3.64. The lowest BCUT2D eigenvalue weighted by Crippen LogP contribution is -2.19. The number of amides is 1. The van der Waals surface area contributed by atoms with Crippen molar-refractivity contribution in [3.05, 3.63) is 53.9 Å². The van der Waals surface area contributed by atoms with E-state index in [0.717, 1.165) is 22.2 Å². The highest BCUT2D eigenvalue weighted by Gasteiger charge is 2.07. The second kappa shape index (κ2) is 8.35. The molecular weight excluding hydrogens is 344 g/mol. The van der Waals surface area contributed by atoms with Gasteiger partial charge >= 0.3 is 0 Å². The van der Waals surface area contributed by atoms with Gasteiger partial charge in [0.05, 0.1) is 37.8 Å². The molecule has 0 bridgehead atoms. The number of ether oxygens (including phenoxy) is 2. The molecule has 0 radical (unpaired) electrons. The van der Waals surface area contributed by atoms with Gasteiger partial charge in [0.25, 0.3) is 0 Å². The first kappa shape index (κ1) is 18.4. The molecule has 7 heteroatoms. The van der Waals surface area contributed by atoms with Crippen molar-refractivity contribution >= 4 is 23.2 Å². The third-order valence-electron chi connectivity index (χ3n) is 4.24. The molecule has 3 aromatic rings. The molecule has 0 aliphatic rings. The van der Waals surface area contributed by atoms with E-state index >= 15 is 0 Å². The molecule has 0 atom stereocenters. The van der Waals surface area contributed by atoms with Crippen molar-refractivity contribution < 1.29 is 14.3 Å². The Morgan fingerprint density at radius 2 is 2.04 bits per heavy atom. The van der Waals surface area contributed by atoms with Gasteiger partial charge in [0, 0.05) is 13.0 Å². The van der Waals surface area contributed by atoms with Gasteiger partial charge in [-0.1, -0.05) is 12.1 Å². The first-order valence-corrected chi connectivity index (χ1v) is 8.56. The largest absolute Gasteiger partial charge is 0.493 e. The average Bonchev–Trinajstić information content (AvgIpc) is 3.10. The summed E-state index contributed by atoms with van der Waals surface area (Å²) in [4.78, 5) is 16.5. The summed E-state index contributed by atoms with van der Waals surface area (Å²) < 4.78 is 12.4. The van der Waals surface area contributed by atoms with Crippen molar-refractivity contribution in [2.45, 2.75) is 19.9 Å². The molecule has 140 valence electrons. The van der Waals surface area contributed by atoms with Gasteiger partial charge in [-0.3, -0.25) is 4.79 Å². The molecule has 1 amide bonds. The zero-order valence-corrected chi connectivity index (χ0v) is 15.6. The predicted molar refractivity (Wildman–Crippen MR) is 104 cm³/mol. The van der Waals surface area contributed by atoms with Crippen LogP contribution in [0.1, 0.15) is 17.5 Å². The number of nitrogens with zero attached hydrogens (tertiary/aromatic N) is 3. The maximum atomic E-state index is 12.1. The Bertz CT molecular complexity index is 979. The minimum atomic E-state index is -0.166. The number of rotatable bonds is 7. The Kier molecular flexibility index (Phi) is 5.71. The van der Waals surface area contributed by atoms with Crippen molar-refractivity contribution in [2.24, 2.45) is 5.10 Å². The van der Waals surface area contributed by atoms with Gasteiger partial charge in [-0.15, -0.1) is 0 Å². The van der Waals surface area contributed by atoms with E-state index in [1.807, 2.05) is 35.8 Å². The number of para-hydroxylation sites is 1. The van der Waals surface area contributed by atoms with E-state index in [2.05, 4.69) is 15.5 Å². The Labute approximate surface area is 157 Å². The molecule has 0 fully saturated rings. The first-order valence-electron chi connectivity index (χ1n) is 8.56. The average molecular weight is 366 g/mol. The van der Waals surface area contributed by atoms with E-state index in [1.54, 1.807) is 38.9 Å². The number of hydrazone groups is 1. The lowest BCUT2D eigenvalue weighted by atomic mass is 10.2. The van der Waals surface area contributed by atoms with Crippen LogP contribution < -0.4 is 14.9 Å². The highest BCUT2D eigenvalue weighted by atomic mass is 16.5. The fourth-order valence-electron chi connectivity index (χ4n) is 2.80. The lowest BCUT2D eigenvalue weighted by molar-refractivity contribution is -0.121. The zero-order valence-electron chi connectivity index (χ0n) is 15.6. The second-order valence-electron chi connectivity index (χ2n) is 6.04. The highest BCUT2D eigenvalue weighted by Crippen LogP contribution is 2.26. The number of carbonyl (C=O) groups excluding carboxylic acids is 1. The predicted octanol–water partition coefficient (Wildman–Crippen LogP) is 2.90. The topological polar surface area (TPSA) is 77.7 Å². The van der Waals surface area contributed by atoms with Gasteiger partial charge in [-0.2, -0.15) is 5.10 Å². The molecule has 2 aromatic carbocycles. The molecule has 1 aromatic heterocycles. The zero-order chi connectivity index (χ0) is 19.2. The van der Waals surface area contributed by atoms with Crippen LogP contribution in [-0.4, -0.2) is 35.9 Å². The van der Waals surface area contributed by atoms with Crippen molar-refractivity contribution in [3.8, 4) is 11.5 Å². The van der Waals surface area contributed by atoms with Crippen molar-refractivity contribution in [1.82, 2.24) is 15.0 Å². The summed E-state index contributed by atoms with van der Waals surface area (Å²) >= 11 is 0. The Morgan fingerprint density at radius 3 is 2.81 bits per heavy atom. The summed E-state index contributed by atoms with van der Waals surface area (Å²) in [5.74, 6) is 1.08. The van der Waals surface area contributed by atoms with E-state index in [9.17, 15) is 4.79 Å². The third-order valence-corrected chi connectivity index (χ3v) is 4.24. The Balaban J connectivity index is 1.56. The number of methoxy groups -OCH3 is 2. The maximum absolute atomic E-state index is 12.1. The number of hydrogen-bond donors (Lipinski definition) is 1. The number of hydrogen-bond acceptors (Lipinski definition) is 5. The normalized spacial score (nSPS) is 11.1. The molecule has 0 aliphatic carbocycles. The SMILES string of the molecule is COc1ccc(C=NNC(=O)CCn2cnc3c(C)cccc32)cc1OC. The number of imidazole rings is 1. The van der Waals surface area contributed by atoms with Crippen molar-refractivity contribution in [3.63, 3.8) is 0 Å². The van der Waals surface area contributed by atoms with Gasteiger partial charge in [0.1, 0.15) is 0 Å². The summed E-state index contributed by atoms with van der Waals surface area (Å²) in [5, 5.41) is 4.00. The lowest BCUT2D eigenvalue weighted by Gasteiger charge is -2.07. The van der Waals surface area contributed by atoms with Gasteiger partial charge in [0.2, 0.25) is 5.91 Å².